The maximum Gasteiger partial charge on any atom is 0.226 e. The molecular formula is C17H24N2O3. The average Bonchev–Trinajstić information content (AvgIpc) is 2.76. The van der Waals surface area contributed by atoms with Gasteiger partial charge in [0.2, 0.25) is 5.91 Å². The van der Waals surface area contributed by atoms with E-state index in [1.165, 1.54) is 0 Å². The highest BCUT2D eigenvalue weighted by molar-refractivity contribution is 5.79. The molecule has 1 aromatic rings. The summed E-state index contributed by atoms with van der Waals surface area (Å²) in [6, 6.07) is 7.87. The zero-order chi connectivity index (χ0) is 15.5. The quantitative estimate of drug-likeness (QED) is 0.900. The molecule has 1 heterocycles. The third-order valence-corrected chi connectivity index (χ3v) is 4.75. The topological polar surface area (TPSA) is 64.8 Å². The van der Waals surface area contributed by atoms with Crippen molar-refractivity contribution in [1.82, 2.24) is 4.90 Å². The minimum Gasteiger partial charge on any atom is -0.491 e. The lowest BCUT2D eigenvalue weighted by atomic mass is 9.83. The molecule has 3 atom stereocenters. The van der Waals surface area contributed by atoms with Crippen LogP contribution in [0, 0.1) is 5.92 Å². The van der Waals surface area contributed by atoms with Crippen LogP contribution in [0.2, 0.25) is 0 Å². The molecule has 0 saturated heterocycles. The van der Waals surface area contributed by atoms with Gasteiger partial charge >= 0.3 is 0 Å². The third-order valence-electron chi connectivity index (χ3n) is 4.75. The highest BCUT2D eigenvalue weighted by Gasteiger charge is 2.34. The predicted molar refractivity (Wildman–Crippen MR) is 83.5 cm³/mol. The van der Waals surface area contributed by atoms with Crippen molar-refractivity contribution < 1.29 is 14.3 Å². The maximum absolute atomic E-state index is 12.8. The Kier molecular flexibility index (Phi) is 4.64. The molecule has 2 aliphatic rings. The van der Waals surface area contributed by atoms with Crippen LogP contribution in [0.25, 0.3) is 0 Å². The monoisotopic (exact) mass is 304 g/mol. The molecule has 0 radical (unpaired) electrons. The largest absolute Gasteiger partial charge is 0.491 e. The molecule has 0 unspecified atom stereocenters. The second-order valence-corrected chi connectivity index (χ2v) is 6.16. The van der Waals surface area contributed by atoms with Crippen molar-refractivity contribution in [2.24, 2.45) is 11.7 Å². The Morgan fingerprint density at radius 3 is 2.95 bits per heavy atom. The van der Waals surface area contributed by atoms with Crippen LogP contribution in [-0.2, 0) is 16.1 Å². The SMILES string of the molecule is CO[C@@H]1CC[C@H](C(=O)N2CCOc3ccccc3C2)C[C@H]1N. The predicted octanol–water partition coefficient (Wildman–Crippen LogP) is 1.55. The van der Waals surface area contributed by atoms with Gasteiger partial charge in [0, 0.05) is 31.2 Å². The van der Waals surface area contributed by atoms with Crippen LogP contribution >= 0.6 is 0 Å². The summed E-state index contributed by atoms with van der Waals surface area (Å²) < 4.78 is 11.1. The fourth-order valence-electron chi connectivity index (χ4n) is 3.47. The summed E-state index contributed by atoms with van der Waals surface area (Å²) >= 11 is 0. The van der Waals surface area contributed by atoms with Crippen LogP contribution in [0.1, 0.15) is 24.8 Å². The van der Waals surface area contributed by atoms with E-state index < -0.39 is 0 Å². The summed E-state index contributed by atoms with van der Waals surface area (Å²) in [5.41, 5.74) is 7.21. The zero-order valence-electron chi connectivity index (χ0n) is 13.0. The summed E-state index contributed by atoms with van der Waals surface area (Å²) in [5, 5.41) is 0. The molecule has 1 aliphatic heterocycles. The van der Waals surface area contributed by atoms with Gasteiger partial charge in [-0.15, -0.1) is 0 Å². The lowest BCUT2D eigenvalue weighted by molar-refractivity contribution is -0.138. The molecule has 5 nitrogen and oxygen atoms in total. The van der Waals surface area contributed by atoms with Crippen LogP contribution < -0.4 is 10.5 Å². The number of methoxy groups -OCH3 is 1. The fraction of sp³-hybridized carbons (Fsp3) is 0.588. The van der Waals surface area contributed by atoms with E-state index in [0.29, 0.717) is 26.1 Å². The summed E-state index contributed by atoms with van der Waals surface area (Å²) in [4.78, 5) is 14.7. The van der Waals surface area contributed by atoms with Crippen LogP contribution in [0.3, 0.4) is 0 Å². The van der Waals surface area contributed by atoms with Crippen molar-refractivity contribution in [3.63, 3.8) is 0 Å². The number of nitrogens with two attached hydrogens (primary N) is 1. The Morgan fingerprint density at radius 1 is 1.36 bits per heavy atom. The van der Waals surface area contributed by atoms with Gasteiger partial charge in [0.25, 0.3) is 0 Å². The second-order valence-electron chi connectivity index (χ2n) is 6.16. The molecular weight excluding hydrogens is 280 g/mol. The minimum absolute atomic E-state index is 0.00617. The molecule has 0 bridgehead atoms. The number of rotatable bonds is 2. The molecule has 1 saturated carbocycles. The number of fused-ring (bicyclic) bond motifs is 1. The summed E-state index contributed by atoms with van der Waals surface area (Å²) in [6.45, 7) is 1.80. The molecule has 22 heavy (non-hydrogen) atoms. The summed E-state index contributed by atoms with van der Waals surface area (Å²) in [6.07, 6.45) is 2.49. The van der Waals surface area contributed by atoms with E-state index in [-0.39, 0.29) is 24.0 Å². The summed E-state index contributed by atoms with van der Waals surface area (Å²) in [5.74, 6) is 1.09. The number of para-hydroxylation sites is 1. The number of amides is 1. The Bertz CT molecular complexity index is 534. The van der Waals surface area contributed by atoms with Crippen LogP contribution in [0.5, 0.6) is 5.75 Å². The molecule has 3 rings (SSSR count). The fourth-order valence-corrected chi connectivity index (χ4v) is 3.47. The highest BCUT2D eigenvalue weighted by atomic mass is 16.5. The van der Waals surface area contributed by atoms with E-state index in [4.69, 9.17) is 15.2 Å². The van der Waals surface area contributed by atoms with Gasteiger partial charge in [0.05, 0.1) is 12.6 Å². The first-order chi connectivity index (χ1) is 10.7. The lowest BCUT2D eigenvalue weighted by Crippen LogP contribution is -2.46. The molecule has 120 valence electrons. The van der Waals surface area contributed by atoms with Crippen LogP contribution in [0.4, 0.5) is 0 Å². The number of carbonyl (C=O) groups excluding carboxylic acids is 1. The first kappa shape index (κ1) is 15.3. The van der Waals surface area contributed by atoms with Gasteiger partial charge in [-0.25, -0.2) is 0 Å². The van der Waals surface area contributed by atoms with Gasteiger partial charge in [-0.2, -0.15) is 0 Å². The van der Waals surface area contributed by atoms with E-state index in [9.17, 15) is 4.79 Å². The number of benzene rings is 1. The Hall–Kier alpha value is -1.59. The molecule has 1 aliphatic carbocycles. The van der Waals surface area contributed by atoms with E-state index >= 15 is 0 Å². The second kappa shape index (κ2) is 6.67. The van der Waals surface area contributed by atoms with Crippen molar-refractivity contribution in [3.05, 3.63) is 29.8 Å². The smallest absolute Gasteiger partial charge is 0.226 e. The van der Waals surface area contributed by atoms with E-state index in [0.717, 1.165) is 24.2 Å². The van der Waals surface area contributed by atoms with Crippen molar-refractivity contribution in [3.8, 4) is 5.75 Å². The van der Waals surface area contributed by atoms with Crippen LogP contribution in [-0.4, -0.2) is 43.2 Å². The van der Waals surface area contributed by atoms with Crippen molar-refractivity contribution >= 4 is 5.91 Å². The van der Waals surface area contributed by atoms with Gasteiger partial charge < -0.3 is 20.1 Å². The first-order valence-corrected chi connectivity index (χ1v) is 7.97. The molecule has 0 spiro atoms. The number of hydrogen-bond acceptors (Lipinski definition) is 4. The van der Waals surface area contributed by atoms with Crippen molar-refractivity contribution in [1.29, 1.82) is 0 Å². The number of nitrogens with zero attached hydrogens (tertiary/aromatic N) is 1. The Labute approximate surface area is 131 Å². The molecule has 1 aromatic carbocycles. The first-order valence-electron chi connectivity index (χ1n) is 7.97. The van der Waals surface area contributed by atoms with E-state index in [1.807, 2.05) is 29.2 Å². The van der Waals surface area contributed by atoms with Gasteiger partial charge in [0.15, 0.2) is 0 Å². The van der Waals surface area contributed by atoms with Gasteiger partial charge in [-0.3, -0.25) is 4.79 Å². The lowest BCUT2D eigenvalue weighted by Gasteiger charge is -2.34. The zero-order valence-corrected chi connectivity index (χ0v) is 13.0. The number of hydrogen-bond donors (Lipinski definition) is 1. The minimum atomic E-state index is -0.0526. The molecule has 1 amide bonds. The average molecular weight is 304 g/mol. The summed E-state index contributed by atoms with van der Waals surface area (Å²) in [7, 11) is 1.69. The molecule has 0 aromatic heterocycles. The standard InChI is InChI=1S/C17H24N2O3/c1-21-16-7-6-12(10-14(16)18)17(20)19-8-9-22-15-5-3-2-4-13(15)11-19/h2-5,12,14,16H,6-11,18H2,1H3/t12-,14+,16+/m0/s1. The van der Waals surface area contributed by atoms with Gasteiger partial charge in [0.1, 0.15) is 12.4 Å². The van der Waals surface area contributed by atoms with Crippen molar-refractivity contribution in [2.45, 2.75) is 38.0 Å². The van der Waals surface area contributed by atoms with Gasteiger partial charge in [-0.1, -0.05) is 18.2 Å². The Morgan fingerprint density at radius 2 is 2.18 bits per heavy atom. The van der Waals surface area contributed by atoms with Crippen molar-refractivity contribution in [2.75, 3.05) is 20.3 Å². The van der Waals surface area contributed by atoms with Crippen LogP contribution in [0.15, 0.2) is 24.3 Å². The number of ether oxygens (including phenoxy) is 2. The van der Waals surface area contributed by atoms with Gasteiger partial charge in [-0.05, 0) is 25.3 Å². The molecule has 5 heteroatoms. The third kappa shape index (κ3) is 3.10. The highest BCUT2D eigenvalue weighted by Crippen LogP contribution is 2.29. The number of carbonyl (C=O) groups is 1. The normalized spacial score (nSPS) is 28.5. The maximum atomic E-state index is 12.8. The molecule has 2 N–H and O–H groups in total. The Balaban J connectivity index is 1.68. The molecule has 1 fully saturated rings. The van der Waals surface area contributed by atoms with E-state index in [2.05, 4.69) is 0 Å². The van der Waals surface area contributed by atoms with E-state index in [1.54, 1.807) is 7.11 Å².